The Morgan fingerprint density at radius 1 is 1.12 bits per heavy atom. The lowest BCUT2D eigenvalue weighted by Crippen LogP contribution is -2.28. The van der Waals surface area contributed by atoms with Crippen LogP contribution in [0.15, 0.2) is 35.9 Å². The molecular weight excluding hydrogens is 324 g/mol. The molecule has 142 valence electrons. The average molecular weight is 357 g/mol. The quantitative estimate of drug-likeness (QED) is 0.648. The van der Waals surface area contributed by atoms with E-state index in [1.807, 2.05) is 38.1 Å². The summed E-state index contributed by atoms with van der Waals surface area (Å²) in [7, 11) is 0. The second-order valence-electron chi connectivity index (χ2n) is 8.91. The number of allylic oxidation sites excluding steroid dienone is 1. The Hall–Kier alpha value is -1.77. The number of hydrogen-bond donors (Lipinski definition) is 1. The molecule has 1 N–H and O–H groups in total. The van der Waals surface area contributed by atoms with Gasteiger partial charge in [0, 0.05) is 5.41 Å². The fourth-order valence-electron chi connectivity index (χ4n) is 4.72. The predicted octanol–water partition coefficient (Wildman–Crippen LogP) is 5.88. The summed E-state index contributed by atoms with van der Waals surface area (Å²) >= 11 is 0. The first kappa shape index (κ1) is 19.0. The van der Waals surface area contributed by atoms with Gasteiger partial charge < -0.3 is 9.84 Å². The van der Waals surface area contributed by atoms with Crippen molar-refractivity contribution in [3.63, 3.8) is 0 Å². The van der Waals surface area contributed by atoms with Gasteiger partial charge in [-0.2, -0.15) is 0 Å². The van der Waals surface area contributed by atoms with Crippen molar-refractivity contribution in [3.8, 4) is 5.75 Å². The van der Waals surface area contributed by atoms with Crippen molar-refractivity contribution in [2.45, 2.75) is 77.0 Å². The minimum atomic E-state index is -0.767. The van der Waals surface area contributed by atoms with Crippen LogP contribution in [0.5, 0.6) is 5.75 Å². The fourth-order valence-corrected chi connectivity index (χ4v) is 4.72. The molecule has 26 heavy (non-hydrogen) atoms. The second kappa shape index (κ2) is 7.85. The lowest BCUT2D eigenvalue weighted by molar-refractivity contribution is -0.138. The SMILES string of the molecule is CC(C)(CC(=O)O)c1ccc(OCC2=CCCC3(CCCCC3)C2)cc1. The standard InChI is InChI=1S/C23H32O3/c1-22(2,16-21(24)25)19-8-10-20(11-9-19)26-17-18-7-6-14-23(15-18)12-4-3-5-13-23/h7-11H,3-6,12-17H2,1-2H3,(H,24,25). The van der Waals surface area contributed by atoms with Gasteiger partial charge in [-0.25, -0.2) is 0 Å². The van der Waals surface area contributed by atoms with Gasteiger partial charge in [0.25, 0.3) is 0 Å². The Labute approximate surface area is 157 Å². The van der Waals surface area contributed by atoms with Gasteiger partial charge in [-0.15, -0.1) is 0 Å². The maximum Gasteiger partial charge on any atom is 0.304 e. The van der Waals surface area contributed by atoms with Crippen LogP contribution in [0, 0.1) is 5.41 Å². The van der Waals surface area contributed by atoms with E-state index in [0.717, 1.165) is 11.3 Å². The van der Waals surface area contributed by atoms with E-state index in [4.69, 9.17) is 9.84 Å². The number of carboxylic acids is 1. The zero-order chi connectivity index (χ0) is 18.6. The van der Waals surface area contributed by atoms with Crippen LogP contribution in [0.25, 0.3) is 0 Å². The molecule has 2 aliphatic carbocycles. The van der Waals surface area contributed by atoms with Gasteiger partial charge in [-0.1, -0.05) is 51.3 Å². The zero-order valence-corrected chi connectivity index (χ0v) is 16.2. The highest BCUT2D eigenvalue weighted by molar-refractivity contribution is 5.68. The van der Waals surface area contributed by atoms with Crippen molar-refractivity contribution in [1.29, 1.82) is 0 Å². The summed E-state index contributed by atoms with van der Waals surface area (Å²) in [6.07, 6.45) is 13.2. The number of carboxylic acid groups (broad SMARTS) is 1. The van der Waals surface area contributed by atoms with Crippen LogP contribution in [0.2, 0.25) is 0 Å². The van der Waals surface area contributed by atoms with Crippen molar-refractivity contribution in [2.75, 3.05) is 6.61 Å². The summed E-state index contributed by atoms with van der Waals surface area (Å²) in [5.41, 5.74) is 2.67. The van der Waals surface area contributed by atoms with Gasteiger partial charge in [-0.3, -0.25) is 4.79 Å². The highest BCUT2D eigenvalue weighted by atomic mass is 16.5. The van der Waals surface area contributed by atoms with Crippen molar-refractivity contribution in [1.82, 2.24) is 0 Å². The number of ether oxygens (including phenoxy) is 1. The molecule has 1 fully saturated rings. The van der Waals surface area contributed by atoms with E-state index in [1.165, 1.54) is 56.9 Å². The summed E-state index contributed by atoms with van der Waals surface area (Å²) in [6, 6.07) is 7.93. The van der Waals surface area contributed by atoms with E-state index in [0.29, 0.717) is 12.0 Å². The summed E-state index contributed by atoms with van der Waals surface area (Å²) in [5, 5.41) is 9.07. The van der Waals surface area contributed by atoms with Crippen LogP contribution >= 0.6 is 0 Å². The van der Waals surface area contributed by atoms with Gasteiger partial charge in [0.05, 0.1) is 6.42 Å². The molecule has 0 heterocycles. The fraction of sp³-hybridized carbons (Fsp3) is 0.609. The van der Waals surface area contributed by atoms with Gasteiger partial charge in [-0.05, 0) is 60.8 Å². The Kier molecular flexibility index (Phi) is 5.74. The first-order valence-electron chi connectivity index (χ1n) is 10.0. The zero-order valence-electron chi connectivity index (χ0n) is 16.2. The maximum absolute atomic E-state index is 11.0. The van der Waals surface area contributed by atoms with Crippen LogP contribution in [0.3, 0.4) is 0 Å². The number of aliphatic carboxylic acids is 1. The third kappa shape index (κ3) is 4.69. The van der Waals surface area contributed by atoms with Gasteiger partial charge in [0.2, 0.25) is 0 Å². The number of carbonyl (C=O) groups is 1. The molecule has 0 aromatic heterocycles. The molecule has 1 aromatic rings. The van der Waals surface area contributed by atoms with Crippen molar-refractivity contribution >= 4 is 5.97 Å². The molecule has 3 rings (SSSR count). The predicted molar refractivity (Wildman–Crippen MR) is 105 cm³/mol. The molecular formula is C23H32O3. The molecule has 1 spiro atoms. The number of rotatable bonds is 6. The molecule has 0 unspecified atom stereocenters. The molecule has 0 saturated heterocycles. The van der Waals surface area contributed by atoms with Crippen LogP contribution < -0.4 is 4.74 Å². The van der Waals surface area contributed by atoms with Crippen molar-refractivity contribution < 1.29 is 14.6 Å². The molecule has 0 bridgehead atoms. The van der Waals surface area contributed by atoms with Crippen LogP contribution in [0.4, 0.5) is 0 Å². The molecule has 0 amide bonds. The topological polar surface area (TPSA) is 46.5 Å². The molecule has 0 aliphatic heterocycles. The molecule has 0 radical (unpaired) electrons. The molecule has 1 aromatic carbocycles. The average Bonchev–Trinajstić information content (AvgIpc) is 2.60. The van der Waals surface area contributed by atoms with E-state index in [9.17, 15) is 4.79 Å². The van der Waals surface area contributed by atoms with Gasteiger partial charge in [0.15, 0.2) is 0 Å². The van der Waals surface area contributed by atoms with E-state index in [1.54, 1.807) is 0 Å². The normalized spacial score (nSPS) is 19.8. The van der Waals surface area contributed by atoms with Crippen molar-refractivity contribution in [3.05, 3.63) is 41.5 Å². The highest BCUT2D eigenvalue weighted by Crippen LogP contribution is 2.47. The van der Waals surface area contributed by atoms with E-state index in [-0.39, 0.29) is 11.8 Å². The van der Waals surface area contributed by atoms with Crippen LogP contribution in [0.1, 0.15) is 77.2 Å². The van der Waals surface area contributed by atoms with Crippen LogP contribution in [-0.2, 0) is 10.2 Å². The molecule has 3 nitrogen and oxygen atoms in total. The summed E-state index contributed by atoms with van der Waals surface area (Å²) in [4.78, 5) is 11.0. The Bertz CT molecular complexity index is 649. The molecule has 1 saturated carbocycles. The minimum absolute atomic E-state index is 0.127. The van der Waals surface area contributed by atoms with E-state index in [2.05, 4.69) is 6.08 Å². The van der Waals surface area contributed by atoms with E-state index < -0.39 is 5.97 Å². The first-order valence-corrected chi connectivity index (χ1v) is 10.0. The molecule has 0 atom stereocenters. The molecule has 3 heteroatoms. The lowest BCUT2D eigenvalue weighted by Gasteiger charge is -2.40. The van der Waals surface area contributed by atoms with E-state index >= 15 is 0 Å². The van der Waals surface area contributed by atoms with Crippen LogP contribution in [-0.4, -0.2) is 17.7 Å². The summed E-state index contributed by atoms with van der Waals surface area (Å²) in [6.45, 7) is 4.61. The monoisotopic (exact) mass is 356 g/mol. The Balaban J connectivity index is 1.56. The largest absolute Gasteiger partial charge is 0.489 e. The third-order valence-corrected chi connectivity index (χ3v) is 6.28. The van der Waals surface area contributed by atoms with Gasteiger partial charge in [0.1, 0.15) is 12.4 Å². The summed E-state index contributed by atoms with van der Waals surface area (Å²) in [5.74, 6) is 0.0975. The van der Waals surface area contributed by atoms with Crippen molar-refractivity contribution in [2.24, 2.45) is 5.41 Å². The minimum Gasteiger partial charge on any atom is -0.489 e. The maximum atomic E-state index is 11.0. The smallest absolute Gasteiger partial charge is 0.304 e. The second-order valence-corrected chi connectivity index (χ2v) is 8.91. The first-order chi connectivity index (χ1) is 12.4. The summed E-state index contributed by atoms with van der Waals surface area (Å²) < 4.78 is 6.04. The number of hydrogen-bond acceptors (Lipinski definition) is 2. The molecule has 2 aliphatic rings. The highest BCUT2D eigenvalue weighted by Gasteiger charge is 2.34. The Morgan fingerprint density at radius 3 is 2.46 bits per heavy atom. The lowest BCUT2D eigenvalue weighted by atomic mass is 9.65. The van der Waals surface area contributed by atoms with Gasteiger partial charge >= 0.3 is 5.97 Å². The Morgan fingerprint density at radius 2 is 1.81 bits per heavy atom. The number of benzene rings is 1. The third-order valence-electron chi connectivity index (χ3n) is 6.28.